The van der Waals surface area contributed by atoms with Crippen molar-refractivity contribution in [2.24, 2.45) is 0 Å². The molecule has 0 saturated carbocycles. The summed E-state index contributed by atoms with van der Waals surface area (Å²) in [7, 11) is 1.37. The van der Waals surface area contributed by atoms with Gasteiger partial charge in [-0.05, 0) is 41.3 Å². The van der Waals surface area contributed by atoms with Gasteiger partial charge in [0.05, 0.1) is 12.7 Å². The van der Waals surface area contributed by atoms with Crippen LogP contribution >= 0.6 is 11.3 Å². The lowest BCUT2D eigenvalue weighted by Crippen LogP contribution is -2.29. The first-order valence-electron chi connectivity index (χ1n) is 6.01. The topological polar surface area (TPSA) is 81.9 Å². The number of fused-ring (bicyclic) bond motifs is 1. The maximum atomic E-state index is 12.1. The van der Waals surface area contributed by atoms with E-state index in [0.29, 0.717) is 17.2 Å². The van der Waals surface area contributed by atoms with Gasteiger partial charge in [0.1, 0.15) is 6.04 Å². The average Bonchev–Trinajstić information content (AvgIpc) is 3.05. The van der Waals surface area contributed by atoms with Crippen molar-refractivity contribution in [3.05, 3.63) is 33.2 Å². The maximum absolute atomic E-state index is 12.1. The van der Waals surface area contributed by atoms with E-state index in [1.54, 1.807) is 16.0 Å². The van der Waals surface area contributed by atoms with Gasteiger partial charge in [0.15, 0.2) is 0 Å². The molecule has 1 aliphatic heterocycles. The molecule has 0 amide bonds. The van der Waals surface area contributed by atoms with Gasteiger partial charge in [-0.2, -0.15) is 4.68 Å². The third-order valence-electron chi connectivity index (χ3n) is 3.27. The van der Waals surface area contributed by atoms with Crippen LogP contribution in [-0.4, -0.2) is 33.3 Å². The Hall–Kier alpha value is -2.22. The standard InChI is InChI=1S/C12H13N5O2S/c1-6-4-5-20-10(6)9-8(11(18)19-3)7(2)13-12-14-15-16-17(9)12/h4-5,9H,1-3H3,(H,13,14,16)/t9-/m0/s1. The fourth-order valence-corrected chi connectivity index (χ4v) is 3.31. The van der Waals surface area contributed by atoms with Crippen LogP contribution in [0.25, 0.3) is 0 Å². The zero-order chi connectivity index (χ0) is 14.3. The van der Waals surface area contributed by atoms with Crippen LogP contribution in [0.2, 0.25) is 0 Å². The number of aromatic nitrogens is 4. The molecule has 1 atom stereocenters. The van der Waals surface area contributed by atoms with E-state index in [1.165, 1.54) is 7.11 Å². The largest absolute Gasteiger partial charge is 0.466 e. The van der Waals surface area contributed by atoms with E-state index < -0.39 is 0 Å². The summed E-state index contributed by atoms with van der Waals surface area (Å²) in [6.45, 7) is 3.82. The van der Waals surface area contributed by atoms with E-state index in [2.05, 4.69) is 20.8 Å². The Morgan fingerprint density at radius 1 is 1.50 bits per heavy atom. The number of allylic oxidation sites excluding steroid dienone is 1. The summed E-state index contributed by atoms with van der Waals surface area (Å²) < 4.78 is 6.51. The molecular weight excluding hydrogens is 278 g/mol. The molecule has 3 rings (SSSR count). The van der Waals surface area contributed by atoms with Crippen molar-refractivity contribution in [3.63, 3.8) is 0 Å². The Bertz CT molecular complexity index is 702. The van der Waals surface area contributed by atoms with Gasteiger partial charge < -0.3 is 10.1 Å². The fraction of sp³-hybridized carbons (Fsp3) is 0.333. The first-order chi connectivity index (χ1) is 9.63. The molecular formula is C12H13N5O2S. The lowest BCUT2D eigenvalue weighted by molar-refractivity contribution is -0.136. The third kappa shape index (κ3) is 1.80. The van der Waals surface area contributed by atoms with Crippen LogP contribution in [0.3, 0.4) is 0 Å². The molecule has 0 unspecified atom stereocenters. The number of tetrazole rings is 1. The molecule has 1 N–H and O–H groups in total. The van der Waals surface area contributed by atoms with Crippen molar-refractivity contribution in [1.82, 2.24) is 20.2 Å². The molecule has 104 valence electrons. The Labute approximate surface area is 119 Å². The summed E-state index contributed by atoms with van der Waals surface area (Å²) in [5.41, 5.74) is 2.33. The van der Waals surface area contributed by atoms with Crippen molar-refractivity contribution in [2.45, 2.75) is 19.9 Å². The van der Waals surface area contributed by atoms with Gasteiger partial charge in [-0.25, -0.2) is 4.79 Å². The average molecular weight is 291 g/mol. The van der Waals surface area contributed by atoms with Crippen LogP contribution in [0.1, 0.15) is 23.4 Å². The maximum Gasteiger partial charge on any atom is 0.338 e. The molecule has 7 nitrogen and oxygen atoms in total. The Morgan fingerprint density at radius 3 is 2.95 bits per heavy atom. The van der Waals surface area contributed by atoms with Gasteiger partial charge in [-0.3, -0.25) is 0 Å². The molecule has 0 spiro atoms. The van der Waals surface area contributed by atoms with E-state index >= 15 is 0 Å². The molecule has 0 fully saturated rings. The second-order valence-electron chi connectivity index (χ2n) is 4.47. The normalized spacial score (nSPS) is 17.6. The van der Waals surface area contributed by atoms with Crippen LogP contribution in [0.15, 0.2) is 22.7 Å². The van der Waals surface area contributed by atoms with Crippen molar-refractivity contribution >= 4 is 23.3 Å². The Morgan fingerprint density at radius 2 is 2.30 bits per heavy atom. The predicted molar refractivity (Wildman–Crippen MR) is 73.4 cm³/mol. The minimum Gasteiger partial charge on any atom is -0.466 e. The number of rotatable bonds is 2. The first-order valence-corrected chi connectivity index (χ1v) is 6.89. The number of nitrogens with zero attached hydrogens (tertiary/aromatic N) is 4. The highest BCUT2D eigenvalue weighted by molar-refractivity contribution is 7.10. The SMILES string of the molecule is COC(=O)C1=C(C)Nc2nnnn2[C@@H]1c1sccc1C. The second kappa shape index (κ2) is 4.71. The molecule has 3 heterocycles. The first kappa shape index (κ1) is 12.8. The van der Waals surface area contributed by atoms with Crippen LogP contribution in [0, 0.1) is 6.92 Å². The molecule has 8 heteroatoms. The van der Waals surface area contributed by atoms with Crippen molar-refractivity contribution in [2.75, 3.05) is 12.4 Å². The van der Waals surface area contributed by atoms with Gasteiger partial charge in [-0.15, -0.1) is 11.3 Å². The molecule has 0 radical (unpaired) electrons. The Balaban J connectivity index is 2.21. The summed E-state index contributed by atoms with van der Waals surface area (Å²) in [5, 5.41) is 16.6. The summed E-state index contributed by atoms with van der Waals surface area (Å²) in [6, 6.07) is 1.66. The van der Waals surface area contributed by atoms with Crippen LogP contribution < -0.4 is 5.32 Å². The zero-order valence-electron chi connectivity index (χ0n) is 11.2. The van der Waals surface area contributed by atoms with E-state index in [0.717, 1.165) is 10.4 Å². The van der Waals surface area contributed by atoms with Gasteiger partial charge in [-0.1, -0.05) is 5.10 Å². The summed E-state index contributed by atoms with van der Waals surface area (Å²) in [5.74, 6) is 0.141. The molecule has 0 aromatic carbocycles. The third-order valence-corrected chi connectivity index (χ3v) is 4.34. The highest BCUT2D eigenvalue weighted by atomic mass is 32.1. The lowest BCUT2D eigenvalue weighted by Gasteiger charge is -2.26. The predicted octanol–water partition coefficient (Wildman–Crippen LogP) is 1.50. The van der Waals surface area contributed by atoms with Crippen molar-refractivity contribution < 1.29 is 9.53 Å². The van der Waals surface area contributed by atoms with E-state index in [-0.39, 0.29) is 12.0 Å². The monoisotopic (exact) mass is 291 g/mol. The van der Waals surface area contributed by atoms with E-state index in [4.69, 9.17) is 4.74 Å². The van der Waals surface area contributed by atoms with Crippen LogP contribution in [-0.2, 0) is 9.53 Å². The molecule has 0 aliphatic carbocycles. The summed E-state index contributed by atoms with van der Waals surface area (Å²) in [6.07, 6.45) is 0. The number of carbonyl (C=O) groups is 1. The van der Waals surface area contributed by atoms with E-state index in [1.807, 2.05) is 25.3 Å². The number of methoxy groups -OCH3 is 1. The van der Waals surface area contributed by atoms with Crippen molar-refractivity contribution in [3.8, 4) is 0 Å². The van der Waals surface area contributed by atoms with Crippen LogP contribution in [0.5, 0.6) is 0 Å². The Kier molecular flexibility index (Phi) is 3.01. The highest BCUT2D eigenvalue weighted by Gasteiger charge is 2.35. The van der Waals surface area contributed by atoms with Crippen molar-refractivity contribution in [1.29, 1.82) is 0 Å². The van der Waals surface area contributed by atoms with Crippen LogP contribution in [0.4, 0.5) is 5.95 Å². The second-order valence-corrected chi connectivity index (χ2v) is 5.42. The molecule has 0 saturated heterocycles. The number of hydrogen-bond acceptors (Lipinski definition) is 7. The molecule has 2 aromatic rings. The summed E-state index contributed by atoms with van der Waals surface area (Å²) >= 11 is 1.57. The smallest absolute Gasteiger partial charge is 0.338 e. The fourth-order valence-electron chi connectivity index (χ4n) is 2.29. The molecule has 0 bridgehead atoms. The minimum absolute atomic E-state index is 0.353. The molecule has 2 aromatic heterocycles. The number of aryl methyl sites for hydroxylation is 1. The van der Waals surface area contributed by atoms with E-state index in [9.17, 15) is 4.79 Å². The highest BCUT2D eigenvalue weighted by Crippen LogP contribution is 2.38. The summed E-state index contributed by atoms with van der Waals surface area (Å²) in [4.78, 5) is 13.2. The van der Waals surface area contributed by atoms with Gasteiger partial charge >= 0.3 is 5.97 Å². The number of anilines is 1. The number of ether oxygens (including phenoxy) is 1. The number of nitrogens with one attached hydrogen (secondary N) is 1. The van der Waals surface area contributed by atoms with Gasteiger partial charge in [0.2, 0.25) is 5.95 Å². The number of esters is 1. The molecule has 20 heavy (non-hydrogen) atoms. The van der Waals surface area contributed by atoms with Gasteiger partial charge in [0.25, 0.3) is 0 Å². The lowest BCUT2D eigenvalue weighted by atomic mass is 10.00. The number of thiophene rings is 1. The molecule has 1 aliphatic rings. The quantitative estimate of drug-likeness (QED) is 0.844. The zero-order valence-corrected chi connectivity index (χ0v) is 12.1. The minimum atomic E-state index is -0.381. The van der Waals surface area contributed by atoms with Gasteiger partial charge in [0, 0.05) is 10.6 Å². The number of hydrogen-bond donors (Lipinski definition) is 1. The number of carbonyl (C=O) groups excluding carboxylic acids is 1.